The van der Waals surface area contributed by atoms with Gasteiger partial charge in [-0.05, 0) is 55.3 Å². The van der Waals surface area contributed by atoms with Gasteiger partial charge in [-0.1, -0.05) is 6.92 Å². The first-order chi connectivity index (χ1) is 15.7. The minimum Gasteiger partial charge on any atom is -0.471 e. The highest BCUT2D eigenvalue weighted by atomic mass is 19.3. The molecule has 0 amide bonds. The smallest absolute Gasteiger partial charge is 0.280 e. The van der Waals surface area contributed by atoms with E-state index < -0.39 is 17.9 Å². The summed E-state index contributed by atoms with van der Waals surface area (Å²) in [6.45, 7) is 3.35. The Morgan fingerprint density at radius 2 is 1.79 bits per heavy atom. The molecule has 0 saturated carbocycles. The Morgan fingerprint density at radius 3 is 2.39 bits per heavy atom. The van der Waals surface area contributed by atoms with Crippen LogP contribution in [0.15, 0.2) is 47.8 Å². The van der Waals surface area contributed by atoms with Crippen LogP contribution in [0.2, 0.25) is 0 Å². The molecule has 0 fully saturated rings. The molecule has 2 heterocycles. The third-order valence-electron chi connectivity index (χ3n) is 4.79. The number of hydrogen-bond donors (Lipinski definition) is 4. The fourth-order valence-electron chi connectivity index (χ4n) is 3.17. The molecule has 0 aliphatic carbocycles. The van der Waals surface area contributed by atoms with Crippen LogP contribution in [0, 0.1) is 12.7 Å². The van der Waals surface area contributed by atoms with Crippen LogP contribution in [0.5, 0.6) is 5.88 Å². The summed E-state index contributed by atoms with van der Waals surface area (Å²) in [7, 11) is 0. The van der Waals surface area contributed by atoms with Gasteiger partial charge in [0, 0.05) is 17.0 Å². The van der Waals surface area contributed by atoms with Gasteiger partial charge in [-0.3, -0.25) is 10.8 Å². The van der Waals surface area contributed by atoms with Gasteiger partial charge in [0.05, 0.1) is 17.0 Å². The SMILES string of the molecule is CC/C(N)=C(\COc1nc(N)nc(-c2ccc(F)cc2)c1-c1cc(C)nc(C(F)F)c1)NN. The van der Waals surface area contributed by atoms with E-state index in [2.05, 4.69) is 20.4 Å². The second-order valence-electron chi connectivity index (χ2n) is 7.13. The Labute approximate surface area is 188 Å². The lowest BCUT2D eigenvalue weighted by atomic mass is 9.99. The minimum absolute atomic E-state index is 0.0179. The molecule has 2 aromatic heterocycles. The van der Waals surface area contributed by atoms with Crippen molar-refractivity contribution >= 4 is 5.95 Å². The third kappa shape index (κ3) is 5.50. The average molecular weight is 459 g/mol. The maximum atomic E-state index is 13.5. The summed E-state index contributed by atoms with van der Waals surface area (Å²) in [5.41, 5.74) is 16.6. The van der Waals surface area contributed by atoms with Crippen molar-refractivity contribution < 1.29 is 17.9 Å². The van der Waals surface area contributed by atoms with Gasteiger partial charge in [0.2, 0.25) is 11.8 Å². The van der Waals surface area contributed by atoms with E-state index in [-0.39, 0.29) is 29.7 Å². The van der Waals surface area contributed by atoms with Crippen molar-refractivity contribution in [3.05, 3.63) is 65.0 Å². The predicted molar refractivity (Wildman–Crippen MR) is 119 cm³/mol. The lowest BCUT2D eigenvalue weighted by molar-refractivity contribution is 0.146. The topological polar surface area (TPSA) is 138 Å². The van der Waals surface area contributed by atoms with Gasteiger partial charge >= 0.3 is 0 Å². The molecule has 8 nitrogen and oxygen atoms in total. The van der Waals surface area contributed by atoms with Crippen molar-refractivity contribution in [2.24, 2.45) is 11.6 Å². The molecule has 0 unspecified atom stereocenters. The number of hydrazine groups is 1. The van der Waals surface area contributed by atoms with E-state index in [1.165, 1.54) is 30.3 Å². The number of rotatable bonds is 8. The van der Waals surface area contributed by atoms with Gasteiger partial charge in [-0.15, -0.1) is 0 Å². The molecule has 7 N–H and O–H groups in total. The van der Waals surface area contributed by atoms with Crippen molar-refractivity contribution in [1.29, 1.82) is 0 Å². The summed E-state index contributed by atoms with van der Waals surface area (Å²) in [6.07, 6.45) is -2.28. The molecule has 11 heteroatoms. The van der Waals surface area contributed by atoms with Crippen LogP contribution in [0.1, 0.15) is 31.2 Å². The Morgan fingerprint density at radius 1 is 1.09 bits per heavy atom. The molecule has 174 valence electrons. The van der Waals surface area contributed by atoms with Crippen molar-refractivity contribution in [3.8, 4) is 28.3 Å². The number of aryl methyl sites for hydroxylation is 1. The van der Waals surface area contributed by atoms with E-state index >= 15 is 0 Å². The Hall–Kier alpha value is -3.86. The number of aromatic nitrogens is 3. The Bertz CT molecular complexity index is 1170. The van der Waals surface area contributed by atoms with Crippen LogP contribution in [0.4, 0.5) is 19.1 Å². The van der Waals surface area contributed by atoms with Crippen LogP contribution in [0.3, 0.4) is 0 Å². The molecule has 33 heavy (non-hydrogen) atoms. The summed E-state index contributed by atoms with van der Waals surface area (Å²) in [5.74, 6) is 5.00. The third-order valence-corrected chi connectivity index (χ3v) is 4.79. The molecule has 3 rings (SSSR count). The van der Waals surface area contributed by atoms with Gasteiger partial charge in [0.15, 0.2) is 0 Å². The number of nitrogens with one attached hydrogen (secondary N) is 1. The number of benzene rings is 1. The molecule has 0 atom stereocenters. The summed E-state index contributed by atoms with van der Waals surface area (Å²) in [5, 5.41) is 0. The van der Waals surface area contributed by atoms with E-state index in [9.17, 15) is 13.2 Å². The Balaban J connectivity index is 2.24. The summed E-state index contributed by atoms with van der Waals surface area (Å²) in [6, 6.07) is 8.31. The molecule has 0 saturated heterocycles. The molecule has 0 spiro atoms. The van der Waals surface area contributed by atoms with Gasteiger partial charge < -0.3 is 21.6 Å². The summed E-state index contributed by atoms with van der Waals surface area (Å²) in [4.78, 5) is 12.4. The first kappa shape index (κ1) is 23.8. The van der Waals surface area contributed by atoms with Crippen LogP contribution in [0.25, 0.3) is 22.4 Å². The number of nitrogens with two attached hydrogens (primary N) is 3. The number of anilines is 1. The van der Waals surface area contributed by atoms with E-state index in [4.69, 9.17) is 22.0 Å². The number of nitrogen functional groups attached to an aromatic ring is 1. The highest BCUT2D eigenvalue weighted by Crippen LogP contribution is 2.39. The fraction of sp³-hybridized carbons (Fsp3) is 0.227. The van der Waals surface area contributed by atoms with Crippen molar-refractivity contribution in [2.45, 2.75) is 26.7 Å². The average Bonchev–Trinajstić information content (AvgIpc) is 2.78. The highest BCUT2D eigenvalue weighted by Gasteiger charge is 2.22. The van der Waals surface area contributed by atoms with Crippen LogP contribution in [-0.2, 0) is 0 Å². The second kappa shape index (κ2) is 10.2. The van der Waals surface area contributed by atoms with Crippen molar-refractivity contribution in [1.82, 2.24) is 20.4 Å². The first-order valence-corrected chi connectivity index (χ1v) is 10.0. The lowest BCUT2D eigenvalue weighted by Gasteiger charge is -2.18. The number of hydrogen-bond acceptors (Lipinski definition) is 8. The molecule has 1 aromatic carbocycles. The van der Waals surface area contributed by atoms with Crippen LogP contribution in [-0.4, -0.2) is 21.6 Å². The van der Waals surface area contributed by atoms with Gasteiger partial charge in [0.25, 0.3) is 6.43 Å². The van der Waals surface area contributed by atoms with Gasteiger partial charge in [-0.25, -0.2) is 18.2 Å². The highest BCUT2D eigenvalue weighted by molar-refractivity contribution is 5.85. The number of nitrogens with zero attached hydrogens (tertiary/aromatic N) is 3. The summed E-state index contributed by atoms with van der Waals surface area (Å²) >= 11 is 0. The van der Waals surface area contributed by atoms with Gasteiger partial charge in [0.1, 0.15) is 18.1 Å². The number of allylic oxidation sites excluding steroid dienone is 1. The van der Waals surface area contributed by atoms with E-state index in [0.717, 1.165) is 0 Å². The zero-order chi connectivity index (χ0) is 24.1. The predicted octanol–water partition coefficient (Wildman–Crippen LogP) is 3.60. The lowest BCUT2D eigenvalue weighted by Crippen LogP contribution is -2.29. The van der Waals surface area contributed by atoms with Crippen molar-refractivity contribution in [2.75, 3.05) is 12.3 Å². The number of ether oxygens (including phenoxy) is 1. The maximum Gasteiger partial charge on any atom is 0.280 e. The molecule has 3 aromatic rings. The molecule has 0 aliphatic heterocycles. The monoisotopic (exact) mass is 459 g/mol. The van der Waals surface area contributed by atoms with Crippen LogP contribution < -0.4 is 27.5 Å². The number of halogens is 3. The van der Waals surface area contributed by atoms with E-state index in [0.29, 0.717) is 34.6 Å². The minimum atomic E-state index is -2.79. The largest absolute Gasteiger partial charge is 0.471 e. The molecule has 0 radical (unpaired) electrons. The zero-order valence-electron chi connectivity index (χ0n) is 18.1. The molecular weight excluding hydrogens is 435 g/mol. The standard InChI is InChI=1S/C22H24F3N7O/c1-3-15(26)17(32-28)10-33-21-18(13-8-11(2)29-16(9-13)20(24)25)19(30-22(27)31-21)12-4-6-14(23)7-5-12/h4-9,20,32H,3,10,26,28H2,1-2H3,(H2,27,30,31)/b17-15-. The van der Waals surface area contributed by atoms with Gasteiger partial charge in [-0.2, -0.15) is 4.98 Å². The summed E-state index contributed by atoms with van der Waals surface area (Å²) < 4.78 is 46.4. The van der Waals surface area contributed by atoms with E-state index in [1.54, 1.807) is 13.0 Å². The maximum absolute atomic E-state index is 13.5. The molecular formula is C22H24F3N7O. The Kier molecular flexibility index (Phi) is 7.34. The quantitative estimate of drug-likeness (QED) is 0.296. The zero-order valence-corrected chi connectivity index (χ0v) is 18.1. The number of alkyl halides is 2. The molecule has 0 bridgehead atoms. The molecule has 0 aliphatic rings. The van der Waals surface area contributed by atoms with E-state index in [1.807, 2.05) is 6.92 Å². The normalized spacial score (nSPS) is 12.0. The number of pyridine rings is 1. The van der Waals surface area contributed by atoms with Crippen molar-refractivity contribution in [3.63, 3.8) is 0 Å². The fourth-order valence-corrected chi connectivity index (χ4v) is 3.17. The van der Waals surface area contributed by atoms with Crippen LogP contribution >= 0.6 is 0 Å². The second-order valence-corrected chi connectivity index (χ2v) is 7.13. The first-order valence-electron chi connectivity index (χ1n) is 10.0.